The van der Waals surface area contributed by atoms with Crippen molar-refractivity contribution in [3.63, 3.8) is 0 Å². The quantitative estimate of drug-likeness (QED) is 0.898. The largest absolute Gasteiger partial charge is 0.386 e. The average molecular weight is 317 g/mol. The average Bonchev–Trinajstić information content (AvgIpc) is 2.82. The maximum atomic E-state index is 12.2. The van der Waals surface area contributed by atoms with E-state index in [1.807, 2.05) is 4.90 Å². The Balaban J connectivity index is 1.88. The molecule has 2 N–H and O–H groups in total. The Kier molecular flexibility index (Phi) is 5.29. The van der Waals surface area contributed by atoms with Gasteiger partial charge in [0.25, 0.3) is 0 Å². The van der Waals surface area contributed by atoms with Gasteiger partial charge in [0.05, 0.1) is 10.9 Å². The summed E-state index contributed by atoms with van der Waals surface area (Å²) in [5.74, 6) is 0. The number of carbonyl (C=O) groups excluding carboxylic acids is 1. The molecule has 6 heteroatoms. The molecule has 2 amide bonds. The van der Waals surface area contributed by atoms with Gasteiger partial charge in [-0.25, -0.2) is 4.79 Å². The van der Waals surface area contributed by atoms with Gasteiger partial charge in [-0.1, -0.05) is 11.6 Å². The van der Waals surface area contributed by atoms with Crippen LogP contribution in [0.15, 0.2) is 12.1 Å². The summed E-state index contributed by atoms with van der Waals surface area (Å²) in [4.78, 5) is 14.9. The third-order valence-corrected chi connectivity index (χ3v) is 5.13. The number of hydrogen-bond donors (Lipinski definition) is 2. The molecule has 1 aliphatic heterocycles. The number of hydrogen-bond acceptors (Lipinski definition) is 3. The van der Waals surface area contributed by atoms with E-state index in [-0.39, 0.29) is 24.7 Å². The molecule has 2 rings (SSSR count). The topological polar surface area (TPSA) is 52.6 Å². The highest BCUT2D eigenvalue weighted by Crippen LogP contribution is 2.27. The minimum absolute atomic E-state index is 0.0913. The molecule has 0 aromatic carbocycles. The van der Waals surface area contributed by atoms with Gasteiger partial charge in [0.1, 0.15) is 6.10 Å². The van der Waals surface area contributed by atoms with Crippen LogP contribution >= 0.6 is 22.9 Å². The Morgan fingerprint density at radius 3 is 2.70 bits per heavy atom. The van der Waals surface area contributed by atoms with E-state index in [4.69, 9.17) is 11.6 Å². The first-order chi connectivity index (χ1) is 9.49. The van der Waals surface area contributed by atoms with Crippen LogP contribution in [0.3, 0.4) is 0 Å². The highest BCUT2D eigenvalue weighted by molar-refractivity contribution is 7.16. The number of amides is 2. The number of likely N-dealkylation sites (tertiary alicyclic amines) is 1. The van der Waals surface area contributed by atoms with Gasteiger partial charge in [-0.15, -0.1) is 11.3 Å². The van der Waals surface area contributed by atoms with Gasteiger partial charge in [-0.2, -0.15) is 0 Å². The summed E-state index contributed by atoms with van der Waals surface area (Å²) < 4.78 is 0.642. The fraction of sp³-hybridized carbons (Fsp3) is 0.643. The van der Waals surface area contributed by atoms with Gasteiger partial charge in [-0.3, -0.25) is 0 Å². The van der Waals surface area contributed by atoms with Crippen molar-refractivity contribution in [3.05, 3.63) is 21.3 Å². The van der Waals surface area contributed by atoms with Crippen LogP contribution in [0.2, 0.25) is 4.34 Å². The lowest BCUT2D eigenvalue weighted by atomic mass is 9.98. The molecule has 0 spiro atoms. The molecule has 0 radical (unpaired) electrons. The van der Waals surface area contributed by atoms with Crippen molar-refractivity contribution in [3.8, 4) is 0 Å². The Hall–Kier alpha value is -0.780. The van der Waals surface area contributed by atoms with E-state index in [9.17, 15) is 9.90 Å². The first kappa shape index (κ1) is 15.6. The SMILES string of the molecule is CC1CCCC(C)N1C(=O)NCC(O)c1ccc(Cl)s1. The fourth-order valence-corrected chi connectivity index (χ4v) is 3.75. The predicted octanol–water partition coefficient (Wildman–Crippen LogP) is 3.41. The third-order valence-electron chi connectivity index (χ3n) is 3.80. The van der Waals surface area contributed by atoms with Crippen LogP contribution < -0.4 is 5.32 Å². The summed E-state index contributed by atoms with van der Waals surface area (Å²) in [6, 6.07) is 3.96. The van der Waals surface area contributed by atoms with Crippen molar-refractivity contribution >= 4 is 29.0 Å². The van der Waals surface area contributed by atoms with Crippen LogP contribution in [0, 0.1) is 0 Å². The number of carbonyl (C=O) groups is 1. The van der Waals surface area contributed by atoms with Crippen molar-refractivity contribution in [1.29, 1.82) is 0 Å². The van der Waals surface area contributed by atoms with Gasteiger partial charge in [0, 0.05) is 17.0 Å². The molecule has 4 nitrogen and oxygen atoms in total. The Morgan fingerprint density at radius 1 is 1.50 bits per heavy atom. The maximum Gasteiger partial charge on any atom is 0.317 e. The summed E-state index contributed by atoms with van der Waals surface area (Å²) in [6.07, 6.45) is 2.55. The van der Waals surface area contributed by atoms with E-state index in [2.05, 4.69) is 19.2 Å². The first-order valence-electron chi connectivity index (χ1n) is 6.98. The van der Waals surface area contributed by atoms with E-state index in [0.29, 0.717) is 4.34 Å². The number of halogens is 1. The molecule has 1 aliphatic rings. The van der Waals surface area contributed by atoms with Crippen molar-refractivity contribution in [2.75, 3.05) is 6.54 Å². The van der Waals surface area contributed by atoms with Crippen LogP contribution in [0.25, 0.3) is 0 Å². The van der Waals surface area contributed by atoms with Crippen LogP contribution in [0.5, 0.6) is 0 Å². The molecule has 3 atom stereocenters. The van der Waals surface area contributed by atoms with Crippen molar-refractivity contribution in [2.24, 2.45) is 0 Å². The molecule has 20 heavy (non-hydrogen) atoms. The van der Waals surface area contributed by atoms with Gasteiger partial charge < -0.3 is 15.3 Å². The van der Waals surface area contributed by atoms with Crippen molar-refractivity contribution in [1.82, 2.24) is 10.2 Å². The van der Waals surface area contributed by atoms with E-state index >= 15 is 0 Å². The molecule has 2 heterocycles. The van der Waals surface area contributed by atoms with Crippen LogP contribution in [-0.4, -0.2) is 34.7 Å². The highest BCUT2D eigenvalue weighted by Gasteiger charge is 2.29. The zero-order chi connectivity index (χ0) is 14.7. The minimum atomic E-state index is -0.702. The molecule has 112 valence electrons. The Labute approximate surface area is 128 Å². The zero-order valence-electron chi connectivity index (χ0n) is 11.8. The third kappa shape index (κ3) is 3.65. The fourth-order valence-electron chi connectivity index (χ4n) is 2.70. The number of aliphatic hydroxyl groups is 1. The first-order valence-corrected chi connectivity index (χ1v) is 8.18. The molecule has 1 aromatic heterocycles. The standard InChI is InChI=1S/C14H21ClN2O2S/c1-9-4-3-5-10(2)17(9)14(19)16-8-11(18)12-6-7-13(15)20-12/h6-7,9-11,18H,3-5,8H2,1-2H3,(H,16,19). The normalized spacial score (nSPS) is 24.5. The second kappa shape index (κ2) is 6.78. The zero-order valence-corrected chi connectivity index (χ0v) is 13.4. The highest BCUT2D eigenvalue weighted by atomic mass is 35.5. The maximum absolute atomic E-state index is 12.2. The summed E-state index contributed by atoms with van der Waals surface area (Å²) in [6.45, 7) is 4.36. The number of aliphatic hydroxyl groups excluding tert-OH is 1. The molecular weight excluding hydrogens is 296 g/mol. The number of urea groups is 1. The Morgan fingerprint density at radius 2 is 2.15 bits per heavy atom. The number of thiophene rings is 1. The molecular formula is C14H21ClN2O2S. The van der Waals surface area contributed by atoms with Crippen LogP contribution in [-0.2, 0) is 0 Å². The van der Waals surface area contributed by atoms with Gasteiger partial charge in [-0.05, 0) is 45.2 Å². The lowest BCUT2D eigenvalue weighted by Gasteiger charge is -2.39. The van der Waals surface area contributed by atoms with E-state index in [0.717, 1.165) is 17.7 Å². The summed E-state index contributed by atoms with van der Waals surface area (Å²) >= 11 is 7.17. The molecule has 0 aliphatic carbocycles. The van der Waals surface area contributed by atoms with Crippen LogP contribution in [0.4, 0.5) is 4.79 Å². The van der Waals surface area contributed by atoms with Crippen LogP contribution in [0.1, 0.15) is 44.1 Å². The van der Waals surface area contributed by atoms with Gasteiger partial charge in [0.15, 0.2) is 0 Å². The predicted molar refractivity (Wildman–Crippen MR) is 82.3 cm³/mol. The van der Waals surface area contributed by atoms with Gasteiger partial charge >= 0.3 is 6.03 Å². The molecule has 1 aromatic rings. The molecule has 1 fully saturated rings. The molecule has 0 bridgehead atoms. The van der Waals surface area contributed by atoms with E-state index in [1.165, 1.54) is 17.8 Å². The van der Waals surface area contributed by atoms with Gasteiger partial charge in [0.2, 0.25) is 0 Å². The van der Waals surface area contributed by atoms with Crippen molar-refractivity contribution < 1.29 is 9.90 Å². The second-order valence-corrected chi connectivity index (χ2v) is 7.13. The summed E-state index contributed by atoms with van der Waals surface area (Å²) in [5.41, 5.74) is 0. The number of nitrogens with zero attached hydrogens (tertiary/aromatic N) is 1. The lowest BCUT2D eigenvalue weighted by molar-refractivity contribution is 0.115. The molecule has 1 saturated heterocycles. The van der Waals surface area contributed by atoms with E-state index < -0.39 is 6.10 Å². The summed E-state index contributed by atoms with van der Waals surface area (Å²) in [5, 5.41) is 12.9. The minimum Gasteiger partial charge on any atom is -0.386 e. The molecule has 3 unspecified atom stereocenters. The number of piperidine rings is 1. The molecule has 0 saturated carbocycles. The monoisotopic (exact) mass is 316 g/mol. The number of nitrogens with one attached hydrogen (secondary N) is 1. The smallest absolute Gasteiger partial charge is 0.317 e. The lowest BCUT2D eigenvalue weighted by Crippen LogP contribution is -2.52. The van der Waals surface area contributed by atoms with E-state index in [1.54, 1.807) is 12.1 Å². The van der Waals surface area contributed by atoms with Crippen molar-refractivity contribution in [2.45, 2.75) is 51.3 Å². The second-order valence-electron chi connectivity index (χ2n) is 5.38. The summed E-state index contributed by atoms with van der Waals surface area (Å²) in [7, 11) is 0. The number of rotatable bonds is 3. The Bertz CT molecular complexity index is 456.